The summed E-state index contributed by atoms with van der Waals surface area (Å²) in [5.74, 6) is -1.14. The van der Waals surface area contributed by atoms with Gasteiger partial charge >= 0.3 is 0 Å². The maximum Gasteiger partial charge on any atom is 0.246 e. The van der Waals surface area contributed by atoms with Crippen LogP contribution in [-0.2, 0) is 10.0 Å². The van der Waals surface area contributed by atoms with E-state index in [9.17, 15) is 12.8 Å². The molecule has 1 aromatic rings. The van der Waals surface area contributed by atoms with E-state index in [2.05, 4.69) is 21.1 Å². The van der Waals surface area contributed by atoms with Gasteiger partial charge in [0.1, 0.15) is 10.7 Å². The predicted octanol–water partition coefficient (Wildman–Crippen LogP) is 1.35. The zero-order valence-corrected chi connectivity index (χ0v) is 12.4. The van der Waals surface area contributed by atoms with Gasteiger partial charge in [0.2, 0.25) is 10.0 Å². The van der Waals surface area contributed by atoms with Crippen LogP contribution in [0.4, 0.5) is 4.39 Å². The summed E-state index contributed by atoms with van der Waals surface area (Å²) in [4.78, 5) is -0.455. The quantitative estimate of drug-likeness (QED) is 0.361. The SMILES string of the molecule is CCN(C/C(N)=N/O)S(=O)(=O)c1ccc(Br)cc1F. The molecule has 0 radical (unpaired) electrons. The summed E-state index contributed by atoms with van der Waals surface area (Å²) in [6.07, 6.45) is 0. The second kappa shape index (κ2) is 6.31. The Balaban J connectivity index is 3.21. The van der Waals surface area contributed by atoms with Crippen LogP contribution in [0.2, 0.25) is 0 Å². The van der Waals surface area contributed by atoms with Crippen LogP contribution in [0.1, 0.15) is 6.92 Å². The van der Waals surface area contributed by atoms with Gasteiger partial charge in [-0.2, -0.15) is 4.31 Å². The normalized spacial score (nSPS) is 12.9. The molecule has 1 rings (SSSR count). The number of hydrogen-bond donors (Lipinski definition) is 2. The zero-order chi connectivity index (χ0) is 14.6. The summed E-state index contributed by atoms with van der Waals surface area (Å²) in [6.45, 7) is 1.32. The highest BCUT2D eigenvalue weighted by molar-refractivity contribution is 9.10. The molecule has 3 N–H and O–H groups in total. The van der Waals surface area contributed by atoms with Crippen LogP contribution in [0.3, 0.4) is 0 Å². The third-order valence-electron chi connectivity index (χ3n) is 2.33. The van der Waals surface area contributed by atoms with Crippen molar-refractivity contribution in [3.63, 3.8) is 0 Å². The molecule has 9 heteroatoms. The van der Waals surface area contributed by atoms with E-state index in [1.54, 1.807) is 6.92 Å². The first-order valence-electron chi connectivity index (χ1n) is 5.24. The standard InChI is InChI=1S/C10H13BrFN3O3S/c1-2-15(6-10(13)14-16)19(17,18)9-4-3-7(11)5-8(9)12/h3-5,16H,2,6H2,1H3,(H2,13,14). The third kappa shape index (κ3) is 3.64. The average Bonchev–Trinajstić information content (AvgIpc) is 2.34. The number of hydrogen-bond acceptors (Lipinski definition) is 4. The number of likely N-dealkylation sites (N-methyl/N-ethyl adjacent to an activating group) is 1. The summed E-state index contributed by atoms with van der Waals surface area (Å²) < 4.78 is 39.5. The van der Waals surface area contributed by atoms with Gasteiger partial charge in [0.15, 0.2) is 5.84 Å². The minimum absolute atomic E-state index is 0.0635. The molecule has 0 heterocycles. The van der Waals surface area contributed by atoms with Crippen LogP contribution < -0.4 is 5.73 Å². The van der Waals surface area contributed by atoms with Gasteiger partial charge in [0.25, 0.3) is 0 Å². The van der Waals surface area contributed by atoms with Crippen LogP contribution >= 0.6 is 15.9 Å². The van der Waals surface area contributed by atoms with E-state index < -0.39 is 20.7 Å². The predicted molar refractivity (Wildman–Crippen MR) is 71.9 cm³/mol. The van der Waals surface area contributed by atoms with Crippen molar-refractivity contribution in [2.45, 2.75) is 11.8 Å². The topological polar surface area (TPSA) is 96.0 Å². The molecule has 0 unspecified atom stereocenters. The minimum Gasteiger partial charge on any atom is -0.409 e. The number of sulfonamides is 1. The fourth-order valence-electron chi connectivity index (χ4n) is 1.40. The van der Waals surface area contributed by atoms with Gasteiger partial charge in [-0.05, 0) is 18.2 Å². The molecule has 0 saturated carbocycles. The van der Waals surface area contributed by atoms with Crippen molar-refractivity contribution >= 4 is 31.8 Å². The molecule has 6 nitrogen and oxygen atoms in total. The van der Waals surface area contributed by atoms with Crippen molar-refractivity contribution in [1.82, 2.24) is 4.31 Å². The van der Waals surface area contributed by atoms with Gasteiger partial charge in [-0.25, -0.2) is 12.8 Å². The number of halogens is 2. The number of nitrogens with two attached hydrogens (primary N) is 1. The minimum atomic E-state index is -4.04. The first-order valence-corrected chi connectivity index (χ1v) is 7.47. The van der Waals surface area contributed by atoms with Crippen molar-refractivity contribution in [3.05, 3.63) is 28.5 Å². The molecular formula is C10H13BrFN3O3S. The van der Waals surface area contributed by atoms with Crippen molar-refractivity contribution in [2.75, 3.05) is 13.1 Å². The lowest BCUT2D eigenvalue weighted by atomic mass is 10.3. The molecule has 0 spiro atoms. The second-order valence-electron chi connectivity index (χ2n) is 3.60. The fourth-order valence-corrected chi connectivity index (χ4v) is 3.20. The molecule has 0 bridgehead atoms. The number of benzene rings is 1. The molecule has 0 saturated heterocycles. The maximum absolute atomic E-state index is 13.7. The Kier molecular flexibility index (Phi) is 5.27. The van der Waals surface area contributed by atoms with Crippen LogP contribution in [0.5, 0.6) is 0 Å². The van der Waals surface area contributed by atoms with Gasteiger partial charge in [0.05, 0.1) is 6.54 Å². The van der Waals surface area contributed by atoms with Gasteiger partial charge in [-0.1, -0.05) is 28.0 Å². The maximum atomic E-state index is 13.7. The first-order chi connectivity index (χ1) is 8.82. The summed E-state index contributed by atoms with van der Waals surface area (Å²) >= 11 is 3.05. The molecule has 0 aliphatic rings. The van der Waals surface area contributed by atoms with E-state index >= 15 is 0 Å². The molecule has 1 aromatic carbocycles. The van der Waals surface area contributed by atoms with E-state index in [-0.39, 0.29) is 18.9 Å². The number of nitrogens with zero attached hydrogens (tertiary/aromatic N) is 2. The van der Waals surface area contributed by atoms with Crippen LogP contribution in [0, 0.1) is 5.82 Å². The van der Waals surface area contributed by atoms with Crippen LogP contribution in [0.25, 0.3) is 0 Å². The lowest BCUT2D eigenvalue weighted by Gasteiger charge is -2.20. The van der Waals surface area contributed by atoms with Gasteiger partial charge in [-0.3, -0.25) is 0 Å². The van der Waals surface area contributed by atoms with Gasteiger partial charge < -0.3 is 10.9 Å². The lowest BCUT2D eigenvalue weighted by Crippen LogP contribution is -2.38. The molecule has 106 valence electrons. The Bertz CT molecular complexity index is 592. The molecular weight excluding hydrogens is 341 g/mol. The van der Waals surface area contributed by atoms with Crippen molar-refractivity contribution < 1.29 is 18.0 Å². The Morgan fingerprint density at radius 1 is 1.58 bits per heavy atom. The lowest BCUT2D eigenvalue weighted by molar-refractivity contribution is 0.315. The molecule has 0 fully saturated rings. The van der Waals surface area contributed by atoms with E-state index in [1.165, 1.54) is 6.07 Å². The number of amidine groups is 1. The number of rotatable bonds is 5. The Hall–Kier alpha value is -1.19. The highest BCUT2D eigenvalue weighted by atomic mass is 79.9. The van der Waals surface area contributed by atoms with E-state index in [0.717, 1.165) is 16.4 Å². The molecule has 0 aliphatic heterocycles. The summed E-state index contributed by atoms with van der Waals surface area (Å²) in [6, 6.07) is 3.64. The Labute approximate surface area is 118 Å². The summed E-state index contributed by atoms with van der Waals surface area (Å²) in [5, 5.41) is 11.2. The molecule has 0 aliphatic carbocycles. The van der Waals surface area contributed by atoms with Crippen LogP contribution in [0.15, 0.2) is 32.7 Å². The van der Waals surface area contributed by atoms with Crippen molar-refractivity contribution in [3.8, 4) is 0 Å². The highest BCUT2D eigenvalue weighted by Crippen LogP contribution is 2.22. The van der Waals surface area contributed by atoms with E-state index in [0.29, 0.717) is 4.47 Å². The average molecular weight is 354 g/mol. The van der Waals surface area contributed by atoms with Gasteiger partial charge in [0, 0.05) is 11.0 Å². The summed E-state index contributed by atoms with van der Waals surface area (Å²) in [5.41, 5.74) is 5.28. The van der Waals surface area contributed by atoms with Crippen molar-refractivity contribution in [1.29, 1.82) is 0 Å². The molecule has 0 atom stereocenters. The Morgan fingerprint density at radius 2 is 2.21 bits per heavy atom. The van der Waals surface area contributed by atoms with Crippen molar-refractivity contribution in [2.24, 2.45) is 10.9 Å². The molecule has 19 heavy (non-hydrogen) atoms. The fraction of sp³-hybridized carbons (Fsp3) is 0.300. The molecule has 0 aromatic heterocycles. The first kappa shape index (κ1) is 15.9. The smallest absolute Gasteiger partial charge is 0.246 e. The van der Waals surface area contributed by atoms with Crippen LogP contribution in [-0.4, -0.2) is 36.9 Å². The largest absolute Gasteiger partial charge is 0.409 e. The summed E-state index contributed by atoms with van der Waals surface area (Å²) in [7, 11) is -4.04. The Morgan fingerprint density at radius 3 is 2.68 bits per heavy atom. The van der Waals surface area contributed by atoms with E-state index in [4.69, 9.17) is 10.9 Å². The zero-order valence-electron chi connectivity index (χ0n) is 10.0. The number of oxime groups is 1. The molecule has 0 amide bonds. The van der Waals surface area contributed by atoms with Gasteiger partial charge in [-0.15, -0.1) is 0 Å². The monoisotopic (exact) mass is 353 g/mol. The van der Waals surface area contributed by atoms with E-state index in [1.807, 2.05) is 0 Å². The third-order valence-corrected chi connectivity index (χ3v) is 4.78. The second-order valence-corrected chi connectivity index (χ2v) is 6.42. The highest BCUT2D eigenvalue weighted by Gasteiger charge is 2.27.